The van der Waals surface area contributed by atoms with Gasteiger partial charge in [0.25, 0.3) is 0 Å². The molecule has 0 bridgehead atoms. The molecule has 0 atom stereocenters. The third-order valence-corrected chi connectivity index (χ3v) is 4.21. The van der Waals surface area contributed by atoms with Crippen LogP contribution in [0.1, 0.15) is 19.5 Å². The van der Waals surface area contributed by atoms with E-state index >= 15 is 0 Å². The maximum Gasteiger partial charge on any atom is 0.236 e. The molecule has 2 aromatic heterocycles. The minimum Gasteiger partial charge on any atom is -0.368 e. The van der Waals surface area contributed by atoms with E-state index in [-0.39, 0.29) is 6.04 Å². The van der Waals surface area contributed by atoms with Crippen molar-refractivity contribution < 1.29 is 0 Å². The van der Waals surface area contributed by atoms with Crippen molar-refractivity contribution in [3.63, 3.8) is 0 Å². The second-order valence-electron chi connectivity index (χ2n) is 6.69. The van der Waals surface area contributed by atoms with Gasteiger partial charge in [-0.2, -0.15) is 0 Å². The van der Waals surface area contributed by atoms with Gasteiger partial charge in [0.1, 0.15) is 5.82 Å². The molecule has 0 amide bonds. The highest BCUT2D eigenvalue weighted by Crippen LogP contribution is 2.37. The van der Waals surface area contributed by atoms with E-state index in [1.165, 1.54) is 0 Å². The molecule has 0 aliphatic rings. The van der Waals surface area contributed by atoms with Crippen molar-refractivity contribution in [2.75, 3.05) is 5.32 Å². The van der Waals surface area contributed by atoms with E-state index in [0.717, 1.165) is 33.9 Å². The highest BCUT2D eigenvalue weighted by atomic mass is 15.2. The van der Waals surface area contributed by atoms with Gasteiger partial charge in [-0.25, -0.2) is 9.97 Å². The smallest absolute Gasteiger partial charge is 0.236 e. The fraction of sp³-hybridized carbons (Fsp3) is 0.182. The van der Waals surface area contributed by atoms with Crippen molar-refractivity contribution in [3.8, 4) is 22.4 Å². The number of nitrogens with one attached hydrogen (secondary N) is 1. The summed E-state index contributed by atoms with van der Waals surface area (Å²) in [5.74, 6) is 1.72. The molecule has 4 heteroatoms. The Hall–Kier alpha value is -3.14. The highest BCUT2D eigenvalue weighted by Gasteiger charge is 2.19. The predicted octanol–water partition coefficient (Wildman–Crippen LogP) is 4.99. The SMILES string of the molecule is Cc1cn2c(NC(C)C)c(-c3ccccc3)c(-c3cc[c]cc3)nc2n1. The zero-order valence-corrected chi connectivity index (χ0v) is 15.2. The zero-order valence-electron chi connectivity index (χ0n) is 15.2. The summed E-state index contributed by atoms with van der Waals surface area (Å²) >= 11 is 0. The van der Waals surface area contributed by atoms with Gasteiger partial charge in [-0.1, -0.05) is 54.6 Å². The number of nitrogens with zero attached hydrogens (tertiary/aromatic N) is 3. The molecule has 4 nitrogen and oxygen atoms in total. The summed E-state index contributed by atoms with van der Waals surface area (Å²) in [4.78, 5) is 9.51. The van der Waals surface area contributed by atoms with Gasteiger partial charge in [0, 0.05) is 23.4 Å². The fourth-order valence-corrected chi connectivity index (χ4v) is 3.16. The summed E-state index contributed by atoms with van der Waals surface area (Å²) in [5, 5.41) is 3.61. The predicted molar refractivity (Wildman–Crippen MR) is 106 cm³/mol. The lowest BCUT2D eigenvalue weighted by Gasteiger charge is -2.20. The maximum atomic E-state index is 4.91. The number of imidazole rings is 1. The molecule has 129 valence electrons. The summed E-state index contributed by atoms with van der Waals surface area (Å²) in [6.07, 6.45) is 2.03. The Morgan fingerprint density at radius 2 is 1.69 bits per heavy atom. The molecule has 0 fully saturated rings. The molecule has 4 rings (SSSR count). The second-order valence-corrected chi connectivity index (χ2v) is 6.69. The largest absolute Gasteiger partial charge is 0.368 e. The van der Waals surface area contributed by atoms with E-state index in [0.29, 0.717) is 5.78 Å². The van der Waals surface area contributed by atoms with Crippen LogP contribution in [0.3, 0.4) is 0 Å². The normalized spacial score (nSPS) is 11.2. The number of fused-ring (bicyclic) bond motifs is 1. The van der Waals surface area contributed by atoms with E-state index in [1.54, 1.807) is 0 Å². The van der Waals surface area contributed by atoms with Crippen LogP contribution in [0.2, 0.25) is 0 Å². The first-order valence-electron chi connectivity index (χ1n) is 8.81. The Morgan fingerprint density at radius 3 is 2.38 bits per heavy atom. The molecular formula is C22H21N4. The van der Waals surface area contributed by atoms with Gasteiger partial charge in [0.15, 0.2) is 0 Å². The van der Waals surface area contributed by atoms with Crippen LogP contribution in [0.15, 0.2) is 60.8 Å². The van der Waals surface area contributed by atoms with E-state index in [2.05, 4.69) is 58.9 Å². The minimum atomic E-state index is 0.280. The molecule has 0 spiro atoms. The highest BCUT2D eigenvalue weighted by molar-refractivity contribution is 5.89. The number of hydrogen-bond acceptors (Lipinski definition) is 3. The minimum absolute atomic E-state index is 0.280. The van der Waals surface area contributed by atoms with Gasteiger partial charge in [0.05, 0.1) is 11.4 Å². The number of hydrogen-bond donors (Lipinski definition) is 1. The first-order valence-corrected chi connectivity index (χ1v) is 8.81. The van der Waals surface area contributed by atoms with Crippen molar-refractivity contribution in [1.29, 1.82) is 0 Å². The van der Waals surface area contributed by atoms with Crippen LogP contribution in [-0.2, 0) is 0 Å². The average molecular weight is 341 g/mol. The molecule has 4 aromatic rings. The second kappa shape index (κ2) is 6.64. The first-order chi connectivity index (χ1) is 12.6. The lowest BCUT2D eigenvalue weighted by atomic mass is 9.99. The molecule has 2 aromatic carbocycles. The van der Waals surface area contributed by atoms with Gasteiger partial charge < -0.3 is 5.32 Å². The monoisotopic (exact) mass is 341 g/mol. The third kappa shape index (κ3) is 2.94. The van der Waals surface area contributed by atoms with E-state index in [9.17, 15) is 0 Å². The van der Waals surface area contributed by atoms with E-state index < -0.39 is 0 Å². The number of anilines is 1. The first kappa shape index (κ1) is 16.3. The number of aromatic nitrogens is 3. The Labute approximate surface area is 153 Å². The fourth-order valence-electron chi connectivity index (χ4n) is 3.16. The van der Waals surface area contributed by atoms with Crippen molar-refractivity contribution in [2.24, 2.45) is 0 Å². The molecule has 0 saturated heterocycles. The van der Waals surface area contributed by atoms with Crippen LogP contribution in [0.25, 0.3) is 28.2 Å². The standard InChI is InChI=1S/C22H21N4/c1-15(2)23-21-19(17-10-6-4-7-11-17)20(18-12-8-5-9-13-18)25-22-24-16(3)14-26(21)22/h4,6-15,23H,1-3H3. The van der Waals surface area contributed by atoms with E-state index in [4.69, 9.17) is 4.98 Å². The number of rotatable bonds is 4. The van der Waals surface area contributed by atoms with Crippen LogP contribution in [0.5, 0.6) is 0 Å². The maximum absolute atomic E-state index is 4.91. The van der Waals surface area contributed by atoms with E-state index in [1.807, 2.05) is 43.5 Å². The van der Waals surface area contributed by atoms with Crippen LogP contribution < -0.4 is 5.32 Å². The molecule has 26 heavy (non-hydrogen) atoms. The quantitative estimate of drug-likeness (QED) is 0.568. The molecule has 1 radical (unpaired) electrons. The Kier molecular flexibility index (Phi) is 4.17. The van der Waals surface area contributed by atoms with Crippen LogP contribution in [0, 0.1) is 13.0 Å². The molecule has 0 aliphatic heterocycles. The van der Waals surface area contributed by atoms with Crippen LogP contribution in [-0.4, -0.2) is 20.4 Å². The van der Waals surface area contributed by atoms with Gasteiger partial charge in [-0.05, 0) is 32.4 Å². The summed E-state index contributed by atoms with van der Waals surface area (Å²) in [7, 11) is 0. The summed E-state index contributed by atoms with van der Waals surface area (Å²) in [6.45, 7) is 6.27. The molecular weight excluding hydrogens is 320 g/mol. The molecule has 1 N–H and O–H groups in total. The molecule has 0 aliphatic carbocycles. The van der Waals surface area contributed by atoms with Crippen molar-refractivity contribution >= 4 is 11.6 Å². The summed E-state index contributed by atoms with van der Waals surface area (Å²) < 4.78 is 2.05. The molecule has 0 saturated carbocycles. The lowest BCUT2D eigenvalue weighted by molar-refractivity contribution is 0.880. The van der Waals surface area contributed by atoms with Gasteiger partial charge >= 0.3 is 0 Å². The van der Waals surface area contributed by atoms with Crippen LogP contribution in [0.4, 0.5) is 5.82 Å². The van der Waals surface area contributed by atoms with Gasteiger partial charge in [0.2, 0.25) is 5.78 Å². The van der Waals surface area contributed by atoms with Crippen molar-refractivity contribution in [1.82, 2.24) is 14.4 Å². The Bertz CT molecular complexity index is 1030. The third-order valence-electron chi connectivity index (χ3n) is 4.21. The molecule has 0 unspecified atom stereocenters. The Balaban J connectivity index is 2.11. The number of benzene rings is 2. The lowest BCUT2D eigenvalue weighted by Crippen LogP contribution is -2.15. The van der Waals surface area contributed by atoms with Crippen LogP contribution >= 0.6 is 0 Å². The van der Waals surface area contributed by atoms with Gasteiger partial charge in [-0.15, -0.1) is 0 Å². The van der Waals surface area contributed by atoms with Crippen molar-refractivity contribution in [3.05, 3.63) is 72.6 Å². The molecule has 2 heterocycles. The Morgan fingerprint density at radius 1 is 0.962 bits per heavy atom. The summed E-state index contributed by atoms with van der Waals surface area (Å²) in [6, 6.07) is 21.7. The zero-order chi connectivity index (χ0) is 18.1. The van der Waals surface area contributed by atoms with Crippen molar-refractivity contribution in [2.45, 2.75) is 26.8 Å². The van der Waals surface area contributed by atoms with Gasteiger partial charge in [-0.3, -0.25) is 4.40 Å². The number of aryl methyl sites for hydroxylation is 1. The average Bonchev–Trinajstić information content (AvgIpc) is 3.03. The topological polar surface area (TPSA) is 42.2 Å². The summed E-state index contributed by atoms with van der Waals surface area (Å²) in [5.41, 5.74) is 5.13.